The fraction of sp³-hybridized carbons (Fsp3) is 0.278. The number of ether oxygens (including phenoxy) is 1. The molecular formula is C18H21BrN2O3. The lowest BCUT2D eigenvalue weighted by Gasteiger charge is -2.25. The van der Waals surface area contributed by atoms with Crippen LogP contribution in [0.25, 0.3) is 0 Å². The Labute approximate surface area is 150 Å². The van der Waals surface area contributed by atoms with Crippen LogP contribution in [-0.2, 0) is 10.3 Å². The first-order chi connectivity index (χ1) is 11.4. The van der Waals surface area contributed by atoms with Gasteiger partial charge in [0.2, 0.25) is 5.91 Å². The summed E-state index contributed by atoms with van der Waals surface area (Å²) in [5.41, 5.74) is 5.67. The number of carbonyl (C=O) groups excluding carboxylic acids is 1. The molecule has 0 radical (unpaired) electrons. The Kier molecular flexibility index (Phi) is 6.36. The zero-order chi connectivity index (χ0) is 17.6. The third kappa shape index (κ3) is 4.80. The summed E-state index contributed by atoms with van der Waals surface area (Å²) < 4.78 is 6.33. The van der Waals surface area contributed by atoms with Crippen molar-refractivity contribution in [3.8, 4) is 5.75 Å². The lowest BCUT2D eigenvalue weighted by atomic mass is 9.92. The lowest BCUT2D eigenvalue weighted by molar-refractivity contribution is -0.126. The standard InChI is InChI=1S/C18H21BrN2O3/c1-18(20,13-7-3-2-4-8-13)17(23)21-11-14(22)12-24-16-10-6-5-9-15(16)19/h2-10,14,22H,11-12,20H2,1H3,(H,21,23). The van der Waals surface area contributed by atoms with Crippen LogP contribution >= 0.6 is 15.9 Å². The maximum atomic E-state index is 12.3. The second-order valence-electron chi connectivity index (χ2n) is 5.67. The summed E-state index contributed by atoms with van der Waals surface area (Å²) in [6, 6.07) is 16.5. The number of hydrogen-bond donors (Lipinski definition) is 3. The van der Waals surface area contributed by atoms with Crippen LogP contribution in [0.15, 0.2) is 59.1 Å². The number of hydrogen-bond acceptors (Lipinski definition) is 4. The van der Waals surface area contributed by atoms with Crippen molar-refractivity contribution >= 4 is 21.8 Å². The van der Waals surface area contributed by atoms with Gasteiger partial charge in [-0.3, -0.25) is 4.79 Å². The molecule has 0 saturated carbocycles. The van der Waals surface area contributed by atoms with Gasteiger partial charge in [-0.25, -0.2) is 0 Å². The summed E-state index contributed by atoms with van der Waals surface area (Å²) in [6.07, 6.45) is -0.840. The summed E-state index contributed by atoms with van der Waals surface area (Å²) in [7, 11) is 0. The maximum absolute atomic E-state index is 12.3. The number of amides is 1. The molecule has 0 aliphatic heterocycles. The Morgan fingerprint density at radius 1 is 1.25 bits per heavy atom. The fourth-order valence-corrected chi connectivity index (χ4v) is 2.52. The Morgan fingerprint density at radius 3 is 2.54 bits per heavy atom. The number of para-hydroxylation sites is 1. The van der Waals surface area contributed by atoms with Crippen molar-refractivity contribution in [1.29, 1.82) is 0 Å². The molecule has 2 atom stereocenters. The van der Waals surface area contributed by atoms with E-state index in [1.54, 1.807) is 25.1 Å². The van der Waals surface area contributed by atoms with Gasteiger partial charge in [-0.2, -0.15) is 0 Å². The van der Waals surface area contributed by atoms with Crippen LogP contribution in [-0.4, -0.2) is 30.3 Å². The molecule has 1 amide bonds. The van der Waals surface area contributed by atoms with E-state index in [9.17, 15) is 9.90 Å². The minimum absolute atomic E-state index is 0.0584. The smallest absolute Gasteiger partial charge is 0.244 e. The Morgan fingerprint density at radius 2 is 1.88 bits per heavy atom. The predicted molar refractivity (Wildman–Crippen MR) is 96.6 cm³/mol. The minimum Gasteiger partial charge on any atom is -0.490 e. The average molecular weight is 393 g/mol. The van der Waals surface area contributed by atoms with Gasteiger partial charge in [-0.05, 0) is 40.5 Å². The molecule has 2 rings (SSSR count). The summed E-state index contributed by atoms with van der Waals surface area (Å²) in [5.74, 6) is 0.282. The normalized spacial score (nSPS) is 14.5. The molecule has 2 unspecified atom stereocenters. The van der Waals surface area contributed by atoms with Crippen LogP contribution in [0.4, 0.5) is 0 Å². The second kappa shape index (κ2) is 8.28. The fourth-order valence-electron chi connectivity index (χ4n) is 2.12. The number of rotatable bonds is 7. The number of nitrogens with two attached hydrogens (primary N) is 1. The van der Waals surface area contributed by atoms with Crippen LogP contribution in [0.5, 0.6) is 5.75 Å². The Bertz CT molecular complexity index is 677. The van der Waals surface area contributed by atoms with Crippen LogP contribution in [0.2, 0.25) is 0 Å². The minimum atomic E-state index is -1.16. The molecule has 0 spiro atoms. The zero-order valence-corrected chi connectivity index (χ0v) is 15.0. The molecule has 2 aromatic rings. The quantitative estimate of drug-likeness (QED) is 0.673. The van der Waals surface area contributed by atoms with Crippen molar-refractivity contribution in [3.63, 3.8) is 0 Å². The number of halogens is 1. The summed E-state index contributed by atoms with van der Waals surface area (Å²) in [6.45, 7) is 1.76. The van der Waals surface area contributed by atoms with E-state index in [1.165, 1.54) is 0 Å². The predicted octanol–water partition coefficient (Wildman–Crippen LogP) is 2.18. The van der Waals surface area contributed by atoms with E-state index in [1.807, 2.05) is 36.4 Å². The molecule has 6 heteroatoms. The molecule has 0 aliphatic rings. The summed E-state index contributed by atoms with van der Waals surface area (Å²) in [4.78, 5) is 12.3. The van der Waals surface area contributed by atoms with Crippen molar-refractivity contribution < 1.29 is 14.6 Å². The Hall–Kier alpha value is -1.89. The first kappa shape index (κ1) is 18.4. The molecule has 4 N–H and O–H groups in total. The van der Waals surface area contributed by atoms with Crippen LogP contribution in [0.1, 0.15) is 12.5 Å². The molecule has 0 aromatic heterocycles. The summed E-state index contributed by atoms with van der Waals surface area (Å²) >= 11 is 3.37. The molecule has 2 aromatic carbocycles. The Balaban J connectivity index is 1.84. The van der Waals surface area contributed by atoms with Crippen LogP contribution in [0.3, 0.4) is 0 Å². The van der Waals surface area contributed by atoms with Crippen molar-refractivity contribution in [2.75, 3.05) is 13.2 Å². The molecule has 5 nitrogen and oxygen atoms in total. The van der Waals surface area contributed by atoms with Crippen LogP contribution in [0, 0.1) is 0 Å². The van der Waals surface area contributed by atoms with Gasteiger partial charge in [0.15, 0.2) is 0 Å². The van der Waals surface area contributed by atoms with E-state index in [0.29, 0.717) is 11.3 Å². The number of nitrogens with one attached hydrogen (secondary N) is 1. The van der Waals surface area contributed by atoms with Gasteiger partial charge in [0.05, 0.1) is 4.47 Å². The van der Waals surface area contributed by atoms with Crippen molar-refractivity contribution in [2.24, 2.45) is 5.73 Å². The molecule has 0 bridgehead atoms. The van der Waals surface area contributed by atoms with Gasteiger partial charge in [0.1, 0.15) is 24.0 Å². The highest BCUT2D eigenvalue weighted by molar-refractivity contribution is 9.10. The highest BCUT2D eigenvalue weighted by Crippen LogP contribution is 2.23. The van der Waals surface area contributed by atoms with Crippen LogP contribution < -0.4 is 15.8 Å². The monoisotopic (exact) mass is 392 g/mol. The highest BCUT2D eigenvalue weighted by atomic mass is 79.9. The average Bonchev–Trinajstić information content (AvgIpc) is 2.59. The van der Waals surface area contributed by atoms with E-state index in [-0.39, 0.29) is 19.1 Å². The maximum Gasteiger partial charge on any atom is 0.244 e. The van der Waals surface area contributed by atoms with Gasteiger partial charge in [0.25, 0.3) is 0 Å². The second-order valence-corrected chi connectivity index (χ2v) is 6.53. The molecule has 0 heterocycles. The van der Waals surface area contributed by atoms with E-state index >= 15 is 0 Å². The molecular weight excluding hydrogens is 372 g/mol. The number of aliphatic hydroxyl groups excluding tert-OH is 1. The van der Waals surface area contributed by atoms with E-state index in [4.69, 9.17) is 10.5 Å². The van der Waals surface area contributed by atoms with E-state index in [2.05, 4.69) is 21.2 Å². The third-order valence-electron chi connectivity index (χ3n) is 3.61. The summed E-state index contributed by atoms with van der Waals surface area (Å²) in [5, 5.41) is 12.7. The topological polar surface area (TPSA) is 84.6 Å². The highest BCUT2D eigenvalue weighted by Gasteiger charge is 2.30. The first-order valence-corrected chi connectivity index (χ1v) is 8.38. The van der Waals surface area contributed by atoms with Gasteiger partial charge in [-0.1, -0.05) is 42.5 Å². The van der Waals surface area contributed by atoms with E-state index < -0.39 is 11.6 Å². The van der Waals surface area contributed by atoms with Crippen molar-refractivity contribution in [1.82, 2.24) is 5.32 Å². The van der Waals surface area contributed by atoms with Gasteiger partial charge >= 0.3 is 0 Å². The van der Waals surface area contributed by atoms with Gasteiger partial charge < -0.3 is 20.9 Å². The zero-order valence-electron chi connectivity index (χ0n) is 13.4. The number of benzene rings is 2. The number of carbonyl (C=O) groups is 1. The van der Waals surface area contributed by atoms with E-state index in [0.717, 1.165) is 4.47 Å². The molecule has 0 aliphatic carbocycles. The van der Waals surface area contributed by atoms with Gasteiger partial charge in [-0.15, -0.1) is 0 Å². The largest absolute Gasteiger partial charge is 0.490 e. The lowest BCUT2D eigenvalue weighted by Crippen LogP contribution is -2.51. The molecule has 24 heavy (non-hydrogen) atoms. The SMILES string of the molecule is CC(N)(C(=O)NCC(O)COc1ccccc1Br)c1ccccc1. The number of aliphatic hydroxyl groups is 1. The third-order valence-corrected chi connectivity index (χ3v) is 4.27. The van der Waals surface area contributed by atoms with Crippen molar-refractivity contribution in [2.45, 2.75) is 18.6 Å². The molecule has 0 saturated heterocycles. The van der Waals surface area contributed by atoms with Gasteiger partial charge in [0, 0.05) is 6.54 Å². The molecule has 0 fully saturated rings. The van der Waals surface area contributed by atoms with Crippen molar-refractivity contribution in [3.05, 3.63) is 64.6 Å². The molecule has 128 valence electrons. The first-order valence-electron chi connectivity index (χ1n) is 7.59.